The van der Waals surface area contributed by atoms with E-state index in [0.29, 0.717) is 26.2 Å². The monoisotopic (exact) mass is 332 g/mol. The van der Waals surface area contributed by atoms with Crippen LogP contribution in [0, 0.1) is 0 Å². The standard InChI is InChI=1S/C17H24N4O3/c22-11-9-21(10-12-23)13-17(24)19-8-7-18-16-6-5-14-3-1-2-4-15(14)20-16/h1-6,22-23H,7-13H2,(H,18,20)(H,19,24). The molecule has 130 valence electrons. The molecule has 0 bridgehead atoms. The minimum absolute atomic E-state index is 0.0392. The highest BCUT2D eigenvalue weighted by Gasteiger charge is 2.09. The van der Waals surface area contributed by atoms with E-state index in [4.69, 9.17) is 10.2 Å². The second-order valence-electron chi connectivity index (χ2n) is 5.39. The molecule has 0 saturated carbocycles. The SMILES string of the molecule is O=C(CN(CCO)CCO)NCCNc1ccc2ccccc2n1. The number of aliphatic hydroxyl groups is 2. The molecule has 0 spiro atoms. The maximum absolute atomic E-state index is 11.8. The number of fused-ring (bicyclic) bond motifs is 1. The Labute approximate surface area is 141 Å². The van der Waals surface area contributed by atoms with Crippen molar-refractivity contribution >= 4 is 22.6 Å². The third-order valence-corrected chi connectivity index (χ3v) is 3.55. The Morgan fingerprint density at radius 1 is 1.04 bits per heavy atom. The van der Waals surface area contributed by atoms with E-state index in [1.165, 1.54) is 0 Å². The lowest BCUT2D eigenvalue weighted by Gasteiger charge is -2.19. The number of rotatable bonds is 10. The summed E-state index contributed by atoms with van der Waals surface area (Å²) in [4.78, 5) is 18.0. The highest BCUT2D eigenvalue weighted by molar-refractivity contribution is 5.80. The molecule has 1 amide bonds. The van der Waals surface area contributed by atoms with Crippen molar-refractivity contribution in [2.45, 2.75) is 0 Å². The summed E-state index contributed by atoms with van der Waals surface area (Å²) in [5, 5.41) is 24.9. The number of pyridine rings is 1. The van der Waals surface area contributed by atoms with Gasteiger partial charge in [0.25, 0.3) is 0 Å². The van der Waals surface area contributed by atoms with E-state index < -0.39 is 0 Å². The van der Waals surface area contributed by atoms with E-state index in [9.17, 15) is 4.79 Å². The largest absolute Gasteiger partial charge is 0.395 e. The van der Waals surface area contributed by atoms with Gasteiger partial charge in [0, 0.05) is 31.6 Å². The number of hydrogen-bond acceptors (Lipinski definition) is 6. The molecule has 4 N–H and O–H groups in total. The molecule has 7 nitrogen and oxygen atoms in total. The predicted molar refractivity (Wildman–Crippen MR) is 93.9 cm³/mol. The van der Waals surface area contributed by atoms with E-state index in [1.54, 1.807) is 4.90 Å². The summed E-state index contributed by atoms with van der Waals surface area (Å²) in [5.41, 5.74) is 0.926. The lowest BCUT2D eigenvalue weighted by molar-refractivity contribution is -0.122. The molecule has 2 rings (SSSR count). The minimum Gasteiger partial charge on any atom is -0.395 e. The van der Waals surface area contributed by atoms with Crippen molar-refractivity contribution in [3.63, 3.8) is 0 Å². The number of carbonyl (C=O) groups excluding carboxylic acids is 1. The third kappa shape index (κ3) is 5.77. The zero-order valence-electron chi connectivity index (χ0n) is 13.6. The smallest absolute Gasteiger partial charge is 0.234 e. The third-order valence-electron chi connectivity index (χ3n) is 3.55. The summed E-state index contributed by atoms with van der Waals surface area (Å²) >= 11 is 0. The molecule has 2 aromatic rings. The first-order valence-electron chi connectivity index (χ1n) is 8.03. The number of aliphatic hydroxyl groups excluding tert-OH is 2. The van der Waals surface area contributed by atoms with Crippen LogP contribution in [0.2, 0.25) is 0 Å². The number of nitrogens with zero attached hydrogens (tertiary/aromatic N) is 2. The van der Waals surface area contributed by atoms with Crippen LogP contribution in [-0.4, -0.2) is 71.9 Å². The van der Waals surface area contributed by atoms with Gasteiger partial charge in [-0.25, -0.2) is 4.98 Å². The van der Waals surface area contributed by atoms with Crippen LogP contribution in [0.4, 0.5) is 5.82 Å². The molecule has 0 saturated heterocycles. The molecule has 0 fully saturated rings. The van der Waals surface area contributed by atoms with Crippen molar-refractivity contribution in [1.29, 1.82) is 0 Å². The van der Waals surface area contributed by atoms with Crippen LogP contribution in [0.25, 0.3) is 10.9 Å². The lowest BCUT2D eigenvalue weighted by Crippen LogP contribution is -2.41. The van der Waals surface area contributed by atoms with E-state index in [2.05, 4.69) is 15.6 Å². The molecule has 0 unspecified atom stereocenters. The molecule has 1 heterocycles. The van der Waals surface area contributed by atoms with Crippen molar-refractivity contribution in [3.8, 4) is 0 Å². The molecule has 0 radical (unpaired) electrons. The molecular formula is C17H24N4O3. The quantitative estimate of drug-likeness (QED) is 0.459. The Morgan fingerprint density at radius 3 is 2.54 bits per heavy atom. The van der Waals surface area contributed by atoms with Crippen molar-refractivity contribution in [2.24, 2.45) is 0 Å². The molecule has 24 heavy (non-hydrogen) atoms. The Kier molecular flexibility index (Phi) is 7.41. The van der Waals surface area contributed by atoms with Gasteiger partial charge in [-0.2, -0.15) is 0 Å². The molecule has 0 atom stereocenters. The highest BCUT2D eigenvalue weighted by Crippen LogP contribution is 2.13. The number of para-hydroxylation sites is 1. The van der Waals surface area contributed by atoms with Crippen LogP contribution in [0.3, 0.4) is 0 Å². The summed E-state index contributed by atoms with van der Waals surface area (Å²) in [6.07, 6.45) is 0. The van der Waals surface area contributed by atoms with Gasteiger partial charge >= 0.3 is 0 Å². The molecular weight excluding hydrogens is 308 g/mol. The number of hydrogen-bond donors (Lipinski definition) is 4. The molecule has 0 aliphatic heterocycles. The van der Waals surface area contributed by atoms with Gasteiger partial charge in [0.1, 0.15) is 5.82 Å². The molecule has 7 heteroatoms. The maximum atomic E-state index is 11.8. The van der Waals surface area contributed by atoms with Crippen LogP contribution >= 0.6 is 0 Å². The van der Waals surface area contributed by atoms with Crippen LogP contribution in [0.15, 0.2) is 36.4 Å². The summed E-state index contributed by atoms with van der Waals surface area (Å²) in [7, 11) is 0. The van der Waals surface area contributed by atoms with Crippen molar-refractivity contribution < 1.29 is 15.0 Å². The van der Waals surface area contributed by atoms with Gasteiger partial charge in [0.15, 0.2) is 0 Å². The topological polar surface area (TPSA) is 97.7 Å². The summed E-state index contributed by atoms with van der Waals surface area (Å²) < 4.78 is 0. The number of benzene rings is 1. The van der Waals surface area contributed by atoms with Gasteiger partial charge in [-0.05, 0) is 18.2 Å². The van der Waals surface area contributed by atoms with Crippen molar-refractivity contribution in [1.82, 2.24) is 15.2 Å². The summed E-state index contributed by atoms with van der Waals surface area (Å²) in [5.74, 6) is 0.635. The highest BCUT2D eigenvalue weighted by atomic mass is 16.3. The number of nitrogens with one attached hydrogen (secondary N) is 2. The first-order valence-corrected chi connectivity index (χ1v) is 8.03. The number of carbonyl (C=O) groups is 1. The zero-order chi connectivity index (χ0) is 17.2. The van der Waals surface area contributed by atoms with E-state index >= 15 is 0 Å². The molecule has 0 aliphatic carbocycles. The lowest BCUT2D eigenvalue weighted by atomic mass is 10.2. The fourth-order valence-corrected chi connectivity index (χ4v) is 2.37. The van der Waals surface area contributed by atoms with Crippen LogP contribution in [-0.2, 0) is 4.79 Å². The molecule has 1 aromatic carbocycles. The Hall–Kier alpha value is -2.22. The Bertz CT molecular complexity index is 645. The normalized spacial score (nSPS) is 11.0. The van der Waals surface area contributed by atoms with Crippen molar-refractivity contribution in [2.75, 3.05) is 51.3 Å². The fraction of sp³-hybridized carbons (Fsp3) is 0.412. The first kappa shape index (κ1) is 18.1. The molecule has 1 aromatic heterocycles. The van der Waals surface area contributed by atoms with Crippen LogP contribution < -0.4 is 10.6 Å². The van der Waals surface area contributed by atoms with Gasteiger partial charge in [0.2, 0.25) is 5.91 Å². The van der Waals surface area contributed by atoms with Crippen molar-refractivity contribution in [3.05, 3.63) is 36.4 Å². The van der Waals surface area contributed by atoms with Gasteiger partial charge < -0.3 is 20.8 Å². The molecule has 0 aliphatic rings. The second-order valence-corrected chi connectivity index (χ2v) is 5.39. The zero-order valence-corrected chi connectivity index (χ0v) is 13.6. The average Bonchev–Trinajstić information content (AvgIpc) is 2.59. The van der Waals surface area contributed by atoms with Gasteiger partial charge in [-0.3, -0.25) is 9.69 Å². The first-order chi connectivity index (χ1) is 11.7. The van der Waals surface area contributed by atoms with Crippen LogP contribution in [0.5, 0.6) is 0 Å². The van der Waals surface area contributed by atoms with Gasteiger partial charge in [0.05, 0.1) is 25.3 Å². The fourth-order valence-electron chi connectivity index (χ4n) is 2.37. The number of amides is 1. The number of anilines is 1. The second kappa shape index (κ2) is 9.82. The van der Waals surface area contributed by atoms with E-state index in [0.717, 1.165) is 16.7 Å². The van der Waals surface area contributed by atoms with Crippen LogP contribution in [0.1, 0.15) is 0 Å². The van der Waals surface area contributed by atoms with E-state index in [1.807, 2.05) is 36.4 Å². The Balaban J connectivity index is 1.72. The minimum atomic E-state index is -0.134. The predicted octanol–water partition coefficient (Wildman–Crippen LogP) is 0.0495. The van der Waals surface area contributed by atoms with Gasteiger partial charge in [-0.15, -0.1) is 0 Å². The maximum Gasteiger partial charge on any atom is 0.234 e. The van der Waals surface area contributed by atoms with E-state index in [-0.39, 0.29) is 25.7 Å². The summed E-state index contributed by atoms with van der Waals surface area (Å²) in [6, 6.07) is 11.8. The average molecular weight is 332 g/mol. The van der Waals surface area contributed by atoms with Gasteiger partial charge in [-0.1, -0.05) is 18.2 Å². The Morgan fingerprint density at radius 2 is 1.79 bits per heavy atom. The number of aromatic nitrogens is 1. The summed E-state index contributed by atoms with van der Waals surface area (Å²) in [6.45, 7) is 1.86.